The molecule has 7 nitrogen and oxygen atoms in total. The monoisotopic (exact) mass is 227 g/mol. The largest absolute Gasteiger partial charge is 0.465 e. The summed E-state index contributed by atoms with van der Waals surface area (Å²) < 4.78 is 10.7. The molecular weight excluding hydrogens is 214 g/mol. The van der Waals surface area contributed by atoms with E-state index in [0.29, 0.717) is 6.61 Å². The third kappa shape index (κ3) is 3.34. The van der Waals surface area contributed by atoms with Crippen LogP contribution in [0.5, 0.6) is 0 Å². The average Bonchev–Trinajstić information content (AvgIpc) is 2.67. The van der Waals surface area contributed by atoms with E-state index in [0.717, 1.165) is 0 Å². The Hall–Kier alpha value is -1.92. The summed E-state index contributed by atoms with van der Waals surface area (Å²) in [6.07, 6.45) is 1.34. The Labute approximate surface area is 92.3 Å². The van der Waals surface area contributed by atoms with Crippen molar-refractivity contribution < 1.29 is 19.1 Å². The van der Waals surface area contributed by atoms with Crippen LogP contribution in [-0.2, 0) is 20.8 Å². The minimum atomic E-state index is -0.558. The zero-order chi connectivity index (χ0) is 12.0. The number of esters is 2. The number of rotatable bonds is 5. The fourth-order valence-corrected chi connectivity index (χ4v) is 1.01. The van der Waals surface area contributed by atoms with Crippen molar-refractivity contribution in [1.82, 2.24) is 15.0 Å². The van der Waals surface area contributed by atoms with Crippen LogP contribution in [0.3, 0.4) is 0 Å². The molecule has 0 fully saturated rings. The third-order valence-electron chi connectivity index (χ3n) is 1.62. The minimum absolute atomic E-state index is 0.0692. The molecule has 0 radical (unpaired) electrons. The van der Waals surface area contributed by atoms with Crippen LogP contribution in [0.2, 0.25) is 0 Å². The van der Waals surface area contributed by atoms with Crippen LogP contribution in [-0.4, -0.2) is 40.1 Å². The molecule has 0 unspecified atom stereocenters. The molecule has 1 heterocycles. The van der Waals surface area contributed by atoms with Gasteiger partial charge in [-0.2, -0.15) is 0 Å². The first kappa shape index (κ1) is 12.2. The van der Waals surface area contributed by atoms with E-state index in [2.05, 4.69) is 10.3 Å². The smallest absolute Gasteiger partial charge is 0.360 e. The molecule has 7 heteroatoms. The van der Waals surface area contributed by atoms with Crippen LogP contribution >= 0.6 is 0 Å². The summed E-state index contributed by atoms with van der Waals surface area (Å²) in [5.74, 6) is -0.986. The van der Waals surface area contributed by atoms with Gasteiger partial charge in [-0.1, -0.05) is 5.21 Å². The molecule has 0 aromatic carbocycles. The molecule has 0 spiro atoms. The third-order valence-corrected chi connectivity index (χ3v) is 1.62. The van der Waals surface area contributed by atoms with Crippen LogP contribution in [0.1, 0.15) is 24.3 Å². The highest BCUT2D eigenvalue weighted by Crippen LogP contribution is 1.97. The minimum Gasteiger partial charge on any atom is -0.465 e. The maximum Gasteiger partial charge on any atom is 0.360 e. The fraction of sp³-hybridized carbons (Fsp3) is 0.556. The molecule has 0 saturated heterocycles. The van der Waals surface area contributed by atoms with Crippen LogP contribution in [0.25, 0.3) is 0 Å². The lowest BCUT2D eigenvalue weighted by atomic mass is 10.5. The first-order chi connectivity index (χ1) is 7.67. The predicted octanol–water partition coefficient (Wildman–Crippen LogP) is 0.0179. The van der Waals surface area contributed by atoms with Gasteiger partial charge in [0, 0.05) is 0 Å². The van der Waals surface area contributed by atoms with Gasteiger partial charge in [-0.15, -0.1) is 5.10 Å². The summed E-state index contributed by atoms with van der Waals surface area (Å²) in [5.41, 5.74) is 0.0751. The van der Waals surface area contributed by atoms with E-state index >= 15 is 0 Å². The highest BCUT2D eigenvalue weighted by atomic mass is 16.5. The Morgan fingerprint density at radius 1 is 1.31 bits per heavy atom. The van der Waals surface area contributed by atoms with Crippen LogP contribution < -0.4 is 0 Å². The van der Waals surface area contributed by atoms with E-state index in [-0.39, 0.29) is 18.8 Å². The molecule has 1 rings (SSSR count). The Kier molecular flexibility index (Phi) is 4.43. The van der Waals surface area contributed by atoms with E-state index < -0.39 is 11.9 Å². The first-order valence-corrected chi connectivity index (χ1v) is 4.90. The Balaban J connectivity index is 2.57. The lowest BCUT2D eigenvalue weighted by molar-refractivity contribution is -0.144. The Morgan fingerprint density at radius 3 is 2.62 bits per heavy atom. The molecule has 88 valence electrons. The van der Waals surface area contributed by atoms with E-state index in [4.69, 9.17) is 9.47 Å². The van der Waals surface area contributed by atoms with Gasteiger partial charge < -0.3 is 9.47 Å². The second-order valence-electron chi connectivity index (χ2n) is 2.83. The van der Waals surface area contributed by atoms with Gasteiger partial charge in [0.25, 0.3) is 0 Å². The summed E-state index contributed by atoms with van der Waals surface area (Å²) in [7, 11) is 0. The topological polar surface area (TPSA) is 83.3 Å². The van der Waals surface area contributed by atoms with Crippen LogP contribution in [0.4, 0.5) is 0 Å². The highest BCUT2D eigenvalue weighted by molar-refractivity contribution is 5.86. The van der Waals surface area contributed by atoms with E-state index in [1.165, 1.54) is 10.9 Å². The summed E-state index contributed by atoms with van der Waals surface area (Å²) >= 11 is 0. The van der Waals surface area contributed by atoms with Crippen LogP contribution in [0, 0.1) is 0 Å². The number of hydrogen-bond acceptors (Lipinski definition) is 6. The van der Waals surface area contributed by atoms with Crippen molar-refractivity contribution in [3.63, 3.8) is 0 Å². The molecule has 0 saturated carbocycles. The molecular formula is C9H13N3O4. The lowest BCUT2D eigenvalue weighted by Gasteiger charge is -1.99. The normalized spacial score (nSPS) is 9.88. The number of hydrogen-bond donors (Lipinski definition) is 0. The molecule has 0 aliphatic carbocycles. The molecule has 0 aliphatic rings. The molecule has 0 amide bonds. The Bertz CT molecular complexity index is 375. The van der Waals surface area contributed by atoms with Crippen molar-refractivity contribution in [1.29, 1.82) is 0 Å². The number of aromatic nitrogens is 3. The molecule has 0 N–H and O–H groups in total. The van der Waals surface area contributed by atoms with Crippen molar-refractivity contribution in [2.24, 2.45) is 0 Å². The van der Waals surface area contributed by atoms with Gasteiger partial charge in [-0.3, -0.25) is 4.79 Å². The van der Waals surface area contributed by atoms with Crippen molar-refractivity contribution in [3.8, 4) is 0 Å². The van der Waals surface area contributed by atoms with Gasteiger partial charge in [0.15, 0.2) is 5.69 Å². The van der Waals surface area contributed by atoms with Crippen molar-refractivity contribution >= 4 is 11.9 Å². The van der Waals surface area contributed by atoms with Gasteiger partial charge in [0.2, 0.25) is 0 Å². The summed E-state index contributed by atoms with van der Waals surface area (Å²) in [6, 6.07) is 0. The molecule has 0 atom stereocenters. The van der Waals surface area contributed by atoms with E-state index in [1.807, 2.05) is 0 Å². The van der Waals surface area contributed by atoms with E-state index in [9.17, 15) is 9.59 Å². The van der Waals surface area contributed by atoms with Crippen LogP contribution in [0.15, 0.2) is 6.20 Å². The van der Waals surface area contributed by atoms with Gasteiger partial charge in [-0.25, -0.2) is 9.48 Å². The molecule has 16 heavy (non-hydrogen) atoms. The molecule has 0 bridgehead atoms. The number of nitrogens with zero attached hydrogens (tertiary/aromatic N) is 3. The van der Waals surface area contributed by atoms with Crippen molar-refractivity contribution in [3.05, 3.63) is 11.9 Å². The lowest BCUT2D eigenvalue weighted by Crippen LogP contribution is -2.13. The highest BCUT2D eigenvalue weighted by Gasteiger charge is 2.13. The van der Waals surface area contributed by atoms with Crippen molar-refractivity contribution in [2.45, 2.75) is 20.4 Å². The second-order valence-corrected chi connectivity index (χ2v) is 2.83. The van der Waals surface area contributed by atoms with Gasteiger partial charge in [-0.05, 0) is 13.8 Å². The fourth-order valence-electron chi connectivity index (χ4n) is 1.01. The predicted molar refractivity (Wildman–Crippen MR) is 52.6 cm³/mol. The second kappa shape index (κ2) is 5.84. The zero-order valence-electron chi connectivity index (χ0n) is 9.17. The maximum atomic E-state index is 11.2. The molecule has 1 aromatic heterocycles. The maximum absolute atomic E-state index is 11.2. The molecule has 1 aromatic rings. The molecule has 0 aliphatic heterocycles. The Morgan fingerprint density at radius 2 is 2.00 bits per heavy atom. The van der Waals surface area contributed by atoms with Gasteiger partial charge >= 0.3 is 11.9 Å². The van der Waals surface area contributed by atoms with Gasteiger partial charge in [0.05, 0.1) is 19.4 Å². The standard InChI is InChI=1S/C9H13N3O4/c1-3-15-8(13)6-12-5-7(10-11-12)9(14)16-4-2/h5H,3-4,6H2,1-2H3. The van der Waals surface area contributed by atoms with E-state index in [1.54, 1.807) is 13.8 Å². The summed E-state index contributed by atoms with van der Waals surface area (Å²) in [6.45, 7) is 3.91. The first-order valence-electron chi connectivity index (χ1n) is 4.90. The summed E-state index contributed by atoms with van der Waals surface area (Å²) in [5, 5.41) is 7.19. The zero-order valence-corrected chi connectivity index (χ0v) is 9.17. The van der Waals surface area contributed by atoms with Gasteiger partial charge in [0.1, 0.15) is 6.54 Å². The SMILES string of the molecule is CCOC(=O)Cn1cc(C(=O)OCC)nn1. The number of ether oxygens (including phenoxy) is 2. The number of carbonyl (C=O) groups excluding carboxylic acids is 2. The summed E-state index contributed by atoms with van der Waals surface area (Å²) in [4.78, 5) is 22.3. The quantitative estimate of drug-likeness (QED) is 0.659. The van der Waals surface area contributed by atoms with Crippen molar-refractivity contribution in [2.75, 3.05) is 13.2 Å². The number of carbonyl (C=O) groups is 2. The average molecular weight is 227 g/mol.